The Morgan fingerprint density at radius 2 is 1.81 bits per heavy atom. The van der Waals surface area contributed by atoms with E-state index in [1.807, 2.05) is 6.07 Å². The Morgan fingerprint density at radius 3 is 2.46 bits per heavy atom. The van der Waals surface area contributed by atoms with Crippen molar-refractivity contribution in [2.45, 2.75) is 11.8 Å². The molecule has 2 aromatic heterocycles. The summed E-state index contributed by atoms with van der Waals surface area (Å²) in [6.45, 7) is 1.70. The van der Waals surface area contributed by atoms with E-state index >= 15 is 0 Å². The van der Waals surface area contributed by atoms with Gasteiger partial charge in [-0.25, -0.2) is 12.8 Å². The zero-order valence-corrected chi connectivity index (χ0v) is 14.7. The minimum absolute atomic E-state index is 0.337. The first-order chi connectivity index (χ1) is 12.3. The minimum Gasteiger partial charge on any atom is -0.464 e. The summed E-state index contributed by atoms with van der Waals surface area (Å²) in [5.74, 6) is 0.0177. The van der Waals surface area contributed by atoms with Crippen LogP contribution in [0.1, 0.15) is 5.89 Å². The van der Waals surface area contributed by atoms with E-state index in [0.29, 0.717) is 34.1 Å². The first kappa shape index (κ1) is 16.5. The summed E-state index contributed by atoms with van der Waals surface area (Å²) in [5.41, 5.74) is 2.45. The predicted octanol–water partition coefficient (Wildman–Crippen LogP) is 4.00. The Kier molecular flexibility index (Phi) is 3.66. The number of furan rings is 1. The molecule has 6 nitrogen and oxygen atoms in total. The first-order valence-corrected chi connectivity index (χ1v) is 9.54. The standard InChI is InChI=1S/C18H13FN2O4S/c1-10-20-21-18(25-10)12-3-5-16-13(7-12)14(9-24-16)11-4-6-17(15(19)8-11)26(2,22)23/h3-9H,1-2H3. The molecule has 0 unspecified atom stereocenters. The maximum atomic E-state index is 14.2. The van der Waals surface area contributed by atoms with E-state index in [0.717, 1.165) is 11.6 Å². The van der Waals surface area contributed by atoms with Crippen LogP contribution >= 0.6 is 0 Å². The van der Waals surface area contributed by atoms with Crippen LogP contribution < -0.4 is 0 Å². The minimum atomic E-state index is -3.63. The Bertz CT molecular complexity index is 1240. The van der Waals surface area contributed by atoms with Crippen molar-refractivity contribution in [3.8, 4) is 22.6 Å². The average molecular weight is 372 g/mol. The van der Waals surface area contributed by atoms with Crippen molar-refractivity contribution in [3.63, 3.8) is 0 Å². The van der Waals surface area contributed by atoms with Crippen molar-refractivity contribution in [1.29, 1.82) is 0 Å². The quantitative estimate of drug-likeness (QED) is 0.540. The smallest absolute Gasteiger partial charge is 0.247 e. The Labute approximate surface area is 148 Å². The van der Waals surface area contributed by atoms with Gasteiger partial charge in [0.25, 0.3) is 0 Å². The van der Waals surface area contributed by atoms with Crippen LogP contribution in [0.5, 0.6) is 0 Å². The van der Waals surface area contributed by atoms with Crippen molar-refractivity contribution >= 4 is 20.8 Å². The van der Waals surface area contributed by atoms with Gasteiger partial charge in [0.1, 0.15) is 16.3 Å². The van der Waals surface area contributed by atoms with Gasteiger partial charge in [-0.2, -0.15) is 0 Å². The lowest BCUT2D eigenvalue weighted by molar-refractivity contribution is 0.533. The molecule has 4 rings (SSSR count). The van der Waals surface area contributed by atoms with E-state index in [9.17, 15) is 12.8 Å². The van der Waals surface area contributed by atoms with E-state index in [-0.39, 0.29) is 4.90 Å². The number of hydrogen-bond donors (Lipinski definition) is 0. The Hall–Kier alpha value is -3.00. The average Bonchev–Trinajstić information content (AvgIpc) is 3.19. The van der Waals surface area contributed by atoms with E-state index in [4.69, 9.17) is 8.83 Å². The van der Waals surface area contributed by atoms with Crippen LogP contribution in [0.2, 0.25) is 0 Å². The summed E-state index contributed by atoms with van der Waals surface area (Å²) >= 11 is 0. The second-order valence-corrected chi connectivity index (χ2v) is 7.89. The largest absolute Gasteiger partial charge is 0.464 e. The second-order valence-electron chi connectivity index (χ2n) is 5.90. The Balaban J connectivity index is 1.86. The molecule has 0 atom stereocenters. The fourth-order valence-electron chi connectivity index (χ4n) is 2.77. The third-order valence-electron chi connectivity index (χ3n) is 3.99. The summed E-state index contributed by atoms with van der Waals surface area (Å²) in [6, 6.07) is 9.34. The molecule has 132 valence electrons. The molecule has 0 aliphatic carbocycles. The van der Waals surface area contributed by atoms with Gasteiger partial charge in [-0.3, -0.25) is 0 Å². The fraction of sp³-hybridized carbons (Fsp3) is 0.111. The highest BCUT2D eigenvalue weighted by Gasteiger charge is 2.17. The third-order valence-corrected chi connectivity index (χ3v) is 5.12. The maximum absolute atomic E-state index is 14.2. The van der Waals surface area contributed by atoms with Crippen molar-refractivity contribution in [2.24, 2.45) is 0 Å². The zero-order chi connectivity index (χ0) is 18.5. The van der Waals surface area contributed by atoms with Gasteiger partial charge in [0.05, 0.1) is 6.26 Å². The summed E-state index contributed by atoms with van der Waals surface area (Å²) < 4.78 is 48.4. The molecular weight excluding hydrogens is 359 g/mol. The molecule has 2 aromatic carbocycles. The normalized spacial score (nSPS) is 12.0. The maximum Gasteiger partial charge on any atom is 0.247 e. The lowest BCUT2D eigenvalue weighted by Crippen LogP contribution is -2.00. The van der Waals surface area contributed by atoms with Crippen molar-refractivity contribution < 1.29 is 21.6 Å². The number of aryl methyl sites for hydroxylation is 1. The monoisotopic (exact) mass is 372 g/mol. The molecule has 0 aliphatic heterocycles. The molecule has 0 bridgehead atoms. The molecule has 0 N–H and O–H groups in total. The predicted molar refractivity (Wildman–Crippen MR) is 92.7 cm³/mol. The van der Waals surface area contributed by atoms with E-state index in [1.165, 1.54) is 18.4 Å². The van der Waals surface area contributed by atoms with Crippen molar-refractivity contribution in [3.05, 3.63) is 54.4 Å². The number of fused-ring (bicyclic) bond motifs is 1. The molecule has 0 aliphatic rings. The lowest BCUT2D eigenvalue weighted by Gasteiger charge is -2.04. The summed E-state index contributed by atoms with van der Waals surface area (Å²) in [5, 5.41) is 8.52. The van der Waals surface area contributed by atoms with Crippen molar-refractivity contribution in [2.75, 3.05) is 6.26 Å². The lowest BCUT2D eigenvalue weighted by atomic mass is 10.0. The van der Waals surface area contributed by atoms with Gasteiger partial charge in [-0.05, 0) is 35.9 Å². The summed E-state index contributed by atoms with van der Waals surface area (Å²) in [6.07, 6.45) is 2.47. The molecule has 4 aromatic rings. The van der Waals surface area contributed by atoms with Gasteiger partial charge in [0.15, 0.2) is 9.84 Å². The summed E-state index contributed by atoms with van der Waals surface area (Å²) in [7, 11) is -3.63. The molecule has 0 radical (unpaired) electrons. The van der Waals surface area contributed by atoms with E-state index in [2.05, 4.69) is 10.2 Å². The van der Waals surface area contributed by atoms with E-state index in [1.54, 1.807) is 25.1 Å². The topological polar surface area (TPSA) is 86.2 Å². The highest BCUT2D eigenvalue weighted by Crippen LogP contribution is 2.34. The molecule has 8 heteroatoms. The SMILES string of the molecule is Cc1nnc(-c2ccc3occ(-c4ccc(S(C)(=O)=O)c(F)c4)c3c2)o1. The molecule has 0 amide bonds. The van der Waals surface area contributed by atoms with Crippen molar-refractivity contribution in [1.82, 2.24) is 10.2 Å². The molecule has 0 spiro atoms. The fourth-order valence-corrected chi connectivity index (χ4v) is 3.50. The van der Waals surface area contributed by atoms with Gasteiger partial charge < -0.3 is 8.83 Å². The zero-order valence-electron chi connectivity index (χ0n) is 13.9. The second kappa shape index (κ2) is 5.77. The highest BCUT2D eigenvalue weighted by atomic mass is 32.2. The van der Waals surface area contributed by atoms with Gasteiger partial charge in [0, 0.05) is 29.7 Å². The first-order valence-electron chi connectivity index (χ1n) is 7.64. The molecule has 26 heavy (non-hydrogen) atoms. The number of hydrogen-bond acceptors (Lipinski definition) is 6. The van der Waals surface area contributed by atoms with Gasteiger partial charge in [-0.15, -0.1) is 10.2 Å². The molecule has 2 heterocycles. The van der Waals surface area contributed by atoms with Crippen LogP contribution in [0.25, 0.3) is 33.6 Å². The number of sulfone groups is 1. The number of aromatic nitrogens is 2. The number of halogens is 1. The van der Waals surface area contributed by atoms with Gasteiger partial charge in [-0.1, -0.05) is 6.07 Å². The number of benzene rings is 2. The summed E-state index contributed by atoms with van der Waals surface area (Å²) in [4.78, 5) is -0.337. The third kappa shape index (κ3) is 2.78. The van der Waals surface area contributed by atoms with Gasteiger partial charge in [0.2, 0.25) is 11.8 Å². The number of nitrogens with zero attached hydrogens (tertiary/aromatic N) is 2. The molecule has 0 saturated carbocycles. The molecule has 0 fully saturated rings. The van der Waals surface area contributed by atoms with E-state index < -0.39 is 15.7 Å². The van der Waals surface area contributed by atoms with Crippen LogP contribution in [0, 0.1) is 12.7 Å². The Morgan fingerprint density at radius 1 is 1.04 bits per heavy atom. The molecule has 0 saturated heterocycles. The van der Waals surface area contributed by atoms with Crippen LogP contribution in [0.4, 0.5) is 4.39 Å². The molecular formula is C18H13FN2O4S. The highest BCUT2D eigenvalue weighted by molar-refractivity contribution is 7.90. The van der Waals surface area contributed by atoms with Crippen LogP contribution in [0.3, 0.4) is 0 Å². The van der Waals surface area contributed by atoms with Crippen LogP contribution in [-0.4, -0.2) is 24.9 Å². The van der Waals surface area contributed by atoms with Crippen LogP contribution in [-0.2, 0) is 9.84 Å². The van der Waals surface area contributed by atoms with Crippen LogP contribution in [0.15, 0.2) is 56.4 Å². The number of rotatable bonds is 3. The van der Waals surface area contributed by atoms with Gasteiger partial charge >= 0.3 is 0 Å².